The van der Waals surface area contributed by atoms with Crippen molar-refractivity contribution in [2.24, 2.45) is 0 Å². The Balaban J connectivity index is 1.96. The van der Waals surface area contributed by atoms with Gasteiger partial charge in [-0.05, 0) is 35.4 Å². The normalized spacial score (nSPS) is 20.5. The van der Waals surface area contributed by atoms with Gasteiger partial charge in [0.25, 0.3) is 0 Å². The van der Waals surface area contributed by atoms with Crippen LogP contribution in [0.1, 0.15) is 28.7 Å². The van der Waals surface area contributed by atoms with Gasteiger partial charge < -0.3 is 9.47 Å². The van der Waals surface area contributed by atoms with Gasteiger partial charge in [-0.1, -0.05) is 30.8 Å². The number of esters is 1. The van der Waals surface area contributed by atoms with Gasteiger partial charge in [0, 0.05) is 5.57 Å². The zero-order valence-electron chi connectivity index (χ0n) is 13.3. The summed E-state index contributed by atoms with van der Waals surface area (Å²) in [4.78, 5) is 12.0. The molecule has 2 aromatic carbocycles. The molecule has 1 aliphatic rings. The van der Waals surface area contributed by atoms with Crippen LogP contribution < -0.4 is 4.74 Å². The third-order valence-corrected chi connectivity index (χ3v) is 4.22. The molecule has 6 heteroatoms. The molecule has 3 nitrogen and oxygen atoms in total. The third kappa shape index (κ3) is 3.24. The quantitative estimate of drug-likeness (QED) is 0.598. The Kier molecular flexibility index (Phi) is 4.29. The molecule has 1 heterocycles. The Morgan fingerprint density at radius 1 is 1.00 bits per heavy atom. The number of carbonyl (C=O) groups is 1. The molecule has 1 fully saturated rings. The fraction of sp³-hybridized carbons (Fsp3) is 0.211. The molecule has 2 aromatic rings. The van der Waals surface area contributed by atoms with Crippen molar-refractivity contribution in [3.63, 3.8) is 0 Å². The largest absolute Gasteiger partial charge is 0.497 e. The molecule has 1 saturated heterocycles. The number of hydrogen-bond acceptors (Lipinski definition) is 3. The number of cyclic esters (lactones) is 1. The molecule has 0 spiro atoms. The number of benzene rings is 2. The van der Waals surface area contributed by atoms with Crippen molar-refractivity contribution >= 4 is 5.97 Å². The first-order chi connectivity index (χ1) is 11.8. The number of alkyl halides is 3. The Morgan fingerprint density at radius 2 is 1.56 bits per heavy atom. The van der Waals surface area contributed by atoms with Gasteiger partial charge in [0.05, 0.1) is 18.6 Å². The maximum Gasteiger partial charge on any atom is 0.416 e. The predicted octanol–water partition coefficient (Wildman–Crippen LogP) is 4.65. The minimum atomic E-state index is -4.41. The Morgan fingerprint density at radius 3 is 2.08 bits per heavy atom. The lowest BCUT2D eigenvalue weighted by Gasteiger charge is -2.19. The van der Waals surface area contributed by atoms with E-state index in [9.17, 15) is 18.0 Å². The van der Waals surface area contributed by atoms with E-state index in [1.807, 2.05) is 0 Å². The van der Waals surface area contributed by atoms with Gasteiger partial charge in [0.15, 0.2) is 0 Å². The predicted molar refractivity (Wildman–Crippen MR) is 85.2 cm³/mol. The summed E-state index contributed by atoms with van der Waals surface area (Å²) < 4.78 is 48.7. The molecule has 0 bridgehead atoms. The standard InChI is InChI=1S/C19H15F3O3/c1-11-16(12-3-7-14(8-4-12)19(20,21)22)17(25-18(11)23)13-5-9-15(24-2)10-6-13/h3-10,16-17H,1H2,2H3/t16-,17+/m0/s1. The SMILES string of the molecule is C=C1C(=O)O[C@H](c2ccc(OC)cc2)[C@@H]1c1ccc(C(F)(F)F)cc1. The van der Waals surface area contributed by atoms with E-state index >= 15 is 0 Å². The van der Waals surface area contributed by atoms with Gasteiger partial charge in [-0.2, -0.15) is 13.2 Å². The number of ether oxygens (including phenoxy) is 2. The average Bonchev–Trinajstić information content (AvgIpc) is 2.89. The second-order valence-electron chi connectivity index (χ2n) is 5.72. The second kappa shape index (κ2) is 6.27. The molecule has 2 atom stereocenters. The van der Waals surface area contributed by atoms with Gasteiger partial charge >= 0.3 is 12.1 Å². The lowest BCUT2D eigenvalue weighted by molar-refractivity contribution is -0.139. The van der Waals surface area contributed by atoms with E-state index in [-0.39, 0.29) is 5.57 Å². The molecular weight excluding hydrogens is 333 g/mol. The highest BCUT2D eigenvalue weighted by molar-refractivity contribution is 5.92. The summed E-state index contributed by atoms with van der Waals surface area (Å²) in [6, 6.07) is 11.7. The van der Waals surface area contributed by atoms with Crippen LogP contribution in [0, 0.1) is 0 Å². The highest BCUT2D eigenvalue weighted by atomic mass is 19.4. The molecule has 0 radical (unpaired) electrons. The molecule has 3 rings (SSSR count). The molecule has 0 saturated carbocycles. The van der Waals surface area contributed by atoms with E-state index in [4.69, 9.17) is 9.47 Å². The van der Waals surface area contributed by atoms with Crippen molar-refractivity contribution in [3.8, 4) is 5.75 Å². The lowest BCUT2D eigenvalue weighted by atomic mass is 9.85. The first kappa shape index (κ1) is 17.1. The van der Waals surface area contributed by atoms with E-state index < -0.39 is 29.7 Å². The maximum absolute atomic E-state index is 12.7. The Hall–Kier alpha value is -2.76. The van der Waals surface area contributed by atoms with E-state index in [2.05, 4.69) is 6.58 Å². The first-order valence-electron chi connectivity index (χ1n) is 7.52. The number of hydrogen-bond donors (Lipinski definition) is 0. The summed E-state index contributed by atoms with van der Waals surface area (Å²) in [7, 11) is 1.54. The molecule has 1 aliphatic heterocycles. The number of halogens is 3. The minimum Gasteiger partial charge on any atom is -0.497 e. The molecule has 0 unspecified atom stereocenters. The minimum absolute atomic E-state index is 0.223. The molecule has 25 heavy (non-hydrogen) atoms. The van der Waals surface area contributed by atoms with Crippen LogP contribution >= 0.6 is 0 Å². The molecule has 0 aromatic heterocycles. The maximum atomic E-state index is 12.7. The molecule has 0 N–H and O–H groups in total. The highest BCUT2D eigenvalue weighted by Gasteiger charge is 2.41. The van der Waals surface area contributed by atoms with Gasteiger partial charge in [-0.25, -0.2) is 4.79 Å². The molecule has 0 aliphatic carbocycles. The summed E-state index contributed by atoms with van der Waals surface area (Å²) in [6.07, 6.45) is -5.05. The zero-order chi connectivity index (χ0) is 18.2. The summed E-state index contributed by atoms with van der Waals surface area (Å²) in [5, 5.41) is 0. The first-order valence-corrected chi connectivity index (χ1v) is 7.52. The van der Waals surface area contributed by atoms with Crippen molar-refractivity contribution in [1.82, 2.24) is 0 Å². The van der Waals surface area contributed by atoms with Crippen LogP contribution in [-0.4, -0.2) is 13.1 Å². The van der Waals surface area contributed by atoms with E-state index in [1.165, 1.54) is 19.2 Å². The van der Waals surface area contributed by atoms with Crippen molar-refractivity contribution in [3.05, 3.63) is 77.4 Å². The Labute approximate surface area is 142 Å². The third-order valence-electron chi connectivity index (χ3n) is 4.22. The van der Waals surface area contributed by atoms with Gasteiger partial charge in [-0.3, -0.25) is 0 Å². The monoisotopic (exact) mass is 348 g/mol. The smallest absolute Gasteiger partial charge is 0.416 e. The van der Waals surface area contributed by atoms with Crippen LogP contribution in [0.2, 0.25) is 0 Å². The van der Waals surface area contributed by atoms with Gasteiger partial charge in [-0.15, -0.1) is 0 Å². The van der Waals surface area contributed by atoms with Crippen LogP contribution in [0.3, 0.4) is 0 Å². The molecule has 130 valence electrons. The summed E-state index contributed by atoms with van der Waals surface area (Å²) in [5.41, 5.74) is 0.746. The van der Waals surface area contributed by atoms with Crippen LogP contribution in [-0.2, 0) is 15.7 Å². The van der Waals surface area contributed by atoms with Crippen molar-refractivity contribution < 1.29 is 27.4 Å². The Bertz CT molecular complexity index is 792. The fourth-order valence-electron chi connectivity index (χ4n) is 2.88. The topological polar surface area (TPSA) is 35.5 Å². The highest BCUT2D eigenvalue weighted by Crippen LogP contribution is 2.45. The van der Waals surface area contributed by atoms with Gasteiger partial charge in [0.2, 0.25) is 0 Å². The zero-order valence-corrected chi connectivity index (χ0v) is 13.3. The van der Waals surface area contributed by atoms with E-state index in [0.717, 1.165) is 17.7 Å². The van der Waals surface area contributed by atoms with Crippen molar-refractivity contribution in [1.29, 1.82) is 0 Å². The van der Waals surface area contributed by atoms with Crippen LogP contribution in [0.4, 0.5) is 13.2 Å². The summed E-state index contributed by atoms with van der Waals surface area (Å²) in [6.45, 7) is 3.75. The number of rotatable bonds is 3. The van der Waals surface area contributed by atoms with Gasteiger partial charge in [0.1, 0.15) is 11.9 Å². The van der Waals surface area contributed by atoms with Crippen molar-refractivity contribution in [2.45, 2.75) is 18.2 Å². The number of carbonyl (C=O) groups excluding carboxylic acids is 1. The average molecular weight is 348 g/mol. The summed E-state index contributed by atoms with van der Waals surface area (Å²) >= 11 is 0. The van der Waals surface area contributed by atoms with Crippen LogP contribution in [0.15, 0.2) is 60.7 Å². The van der Waals surface area contributed by atoms with Crippen molar-refractivity contribution in [2.75, 3.05) is 7.11 Å². The summed E-state index contributed by atoms with van der Waals surface area (Å²) in [5.74, 6) is -0.438. The lowest BCUT2D eigenvalue weighted by Crippen LogP contribution is -2.09. The van der Waals surface area contributed by atoms with E-state index in [0.29, 0.717) is 11.3 Å². The number of methoxy groups -OCH3 is 1. The fourth-order valence-corrected chi connectivity index (χ4v) is 2.88. The van der Waals surface area contributed by atoms with Crippen LogP contribution in [0.25, 0.3) is 0 Å². The molecule has 0 amide bonds. The van der Waals surface area contributed by atoms with Crippen LogP contribution in [0.5, 0.6) is 5.75 Å². The van der Waals surface area contributed by atoms with E-state index in [1.54, 1.807) is 24.3 Å². The molecular formula is C19H15F3O3. The second-order valence-corrected chi connectivity index (χ2v) is 5.72.